The highest BCUT2D eigenvalue weighted by Crippen LogP contribution is 2.33. The van der Waals surface area contributed by atoms with Gasteiger partial charge < -0.3 is 19.7 Å². The van der Waals surface area contributed by atoms with Crippen LogP contribution in [0.15, 0.2) is 54.7 Å². The number of nitrogens with one attached hydrogen (secondary N) is 1. The molecule has 7 heteroatoms. The lowest BCUT2D eigenvalue weighted by atomic mass is 10.2. The molecular weight excluding hydrogens is 356 g/mol. The van der Waals surface area contributed by atoms with Crippen molar-refractivity contribution < 1.29 is 14.3 Å². The molecule has 1 N–H and O–H groups in total. The average molecular weight is 374 g/mol. The molecule has 0 spiro atoms. The molecule has 0 aliphatic carbocycles. The maximum atomic E-state index is 12.7. The van der Waals surface area contributed by atoms with Gasteiger partial charge in [0.15, 0.2) is 11.5 Å². The third-order valence-corrected chi connectivity index (χ3v) is 4.80. The molecule has 0 fully saturated rings. The van der Waals surface area contributed by atoms with Gasteiger partial charge in [0, 0.05) is 30.2 Å². The van der Waals surface area contributed by atoms with E-state index in [4.69, 9.17) is 9.47 Å². The van der Waals surface area contributed by atoms with Crippen LogP contribution in [0.5, 0.6) is 11.5 Å². The molecule has 1 aromatic heterocycles. The number of aromatic nitrogens is 2. The zero-order valence-corrected chi connectivity index (χ0v) is 15.1. The number of carbonyl (C=O) groups excluding carboxylic acids is 1. The van der Waals surface area contributed by atoms with Crippen LogP contribution >= 0.6 is 0 Å². The maximum absolute atomic E-state index is 12.7. The molecule has 0 radical (unpaired) electrons. The smallest absolute Gasteiger partial charge is 0.274 e. The highest BCUT2D eigenvalue weighted by Gasteiger charge is 2.23. The molecule has 5 rings (SSSR count). The van der Waals surface area contributed by atoms with Crippen LogP contribution in [0.1, 0.15) is 16.1 Å². The summed E-state index contributed by atoms with van der Waals surface area (Å²) >= 11 is 0. The number of carbonyl (C=O) groups is 1. The molecule has 3 heterocycles. The van der Waals surface area contributed by atoms with E-state index in [2.05, 4.69) is 21.4 Å². The van der Waals surface area contributed by atoms with Crippen LogP contribution in [0.25, 0.3) is 0 Å². The Morgan fingerprint density at radius 2 is 1.89 bits per heavy atom. The van der Waals surface area contributed by atoms with Gasteiger partial charge in [0.1, 0.15) is 18.9 Å². The zero-order valence-electron chi connectivity index (χ0n) is 15.1. The van der Waals surface area contributed by atoms with Gasteiger partial charge in [0.25, 0.3) is 5.91 Å². The molecule has 0 saturated heterocycles. The predicted octanol–water partition coefficient (Wildman–Crippen LogP) is 3.19. The second-order valence-corrected chi connectivity index (χ2v) is 6.58. The number of hydrogen-bond donors (Lipinski definition) is 1. The van der Waals surface area contributed by atoms with E-state index in [1.54, 1.807) is 30.5 Å². The maximum Gasteiger partial charge on any atom is 0.274 e. The fourth-order valence-corrected chi connectivity index (χ4v) is 3.47. The molecule has 0 saturated carbocycles. The van der Waals surface area contributed by atoms with Crippen LogP contribution in [0.2, 0.25) is 0 Å². The van der Waals surface area contributed by atoms with Crippen molar-refractivity contribution in [2.75, 3.05) is 30.0 Å². The molecular formula is C21H18N4O3. The second kappa shape index (κ2) is 6.84. The Morgan fingerprint density at radius 3 is 2.82 bits per heavy atom. The average Bonchev–Trinajstić information content (AvgIpc) is 3.18. The summed E-state index contributed by atoms with van der Waals surface area (Å²) in [5.41, 5.74) is 3.29. The van der Waals surface area contributed by atoms with E-state index >= 15 is 0 Å². The van der Waals surface area contributed by atoms with Gasteiger partial charge in [-0.1, -0.05) is 18.2 Å². The summed E-state index contributed by atoms with van der Waals surface area (Å²) in [5.74, 6) is 1.54. The Bertz CT molecular complexity index is 1050. The van der Waals surface area contributed by atoms with Crippen molar-refractivity contribution in [1.29, 1.82) is 0 Å². The lowest BCUT2D eigenvalue weighted by molar-refractivity contribution is 0.102. The number of anilines is 3. The van der Waals surface area contributed by atoms with E-state index in [0.29, 0.717) is 42.0 Å². The summed E-state index contributed by atoms with van der Waals surface area (Å²) in [4.78, 5) is 23.6. The topological polar surface area (TPSA) is 76.6 Å². The minimum Gasteiger partial charge on any atom is -0.486 e. The summed E-state index contributed by atoms with van der Waals surface area (Å²) in [7, 11) is 0. The zero-order chi connectivity index (χ0) is 18.9. The van der Waals surface area contributed by atoms with Gasteiger partial charge in [-0.3, -0.25) is 4.79 Å². The quantitative estimate of drug-likeness (QED) is 0.759. The van der Waals surface area contributed by atoms with Crippen molar-refractivity contribution in [3.8, 4) is 11.5 Å². The number of para-hydroxylation sites is 1. The normalized spacial score (nSPS) is 14.5. The summed E-state index contributed by atoms with van der Waals surface area (Å²) in [6.45, 7) is 1.83. The molecule has 28 heavy (non-hydrogen) atoms. The van der Waals surface area contributed by atoms with Crippen molar-refractivity contribution >= 4 is 23.2 Å². The molecule has 2 aliphatic rings. The summed E-state index contributed by atoms with van der Waals surface area (Å²) in [5, 5.41) is 2.86. The van der Waals surface area contributed by atoms with Crippen molar-refractivity contribution in [3.63, 3.8) is 0 Å². The molecule has 7 nitrogen and oxygen atoms in total. The molecule has 1 amide bonds. The number of ether oxygens (including phenoxy) is 2. The Kier molecular flexibility index (Phi) is 4.05. The number of hydrogen-bond acceptors (Lipinski definition) is 6. The standard InChI is InChI=1S/C21H18N4O3/c26-20(23-15-5-6-18-19(13-15)28-12-11-27-18)16-7-9-22-21(24-16)25-10-8-14-3-1-2-4-17(14)25/h1-7,9,13H,8,10-12H2,(H,23,26). The van der Waals surface area contributed by atoms with Gasteiger partial charge in [-0.15, -0.1) is 0 Å². The van der Waals surface area contributed by atoms with Crippen LogP contribution in [-0.2, 0) is 6.42 Å². The van der Waals surface area contributed by atoms with E-state index in [-0.39, 0.29) is 5.91 Å². The lowest BCUT2D eigenvalue weighted by Gasteiger charge is -2.19. The molecule has 2 aromatic carbocycles. The highest BCUT2D eigenvalue weighted by molar-refractivity contribution is 6.03. The molecule has 3 aromatic rings. The Hall–Kier alpha value is -3.61. The molecule has 0 atom stereocenters. The lowest BCUT2D eigenvalue weighted by Crippen LogP contribution is -2.20. The number of fused-ring (bicyclic) bond motifs is 2. The largest absolute Gasteiger partial charge is 0.486 e. The third kappa shape index (κ3) is 3.00. The van der Waals surface area contributed by atoms with Crippen LogP contribution < -0.4 is 19.7 Å². The molecule has 0 unspecified atom stereocenters. The van der Waals surface area contributed by atoms with Crippen molar-refractivity contribution in [2.45, 2.75) is 6.42 Å². The number of benzene rings is 2. The minimum atomic E-state index is -0.298. The van der Waals surface area contributed by atoms with Crippen LogP contribution in [-0.4, -0.2) is 35.6 Å². The van der Waals surface area contributed by atoms with Crippen molar-refractivity contribution in [2.24, 2.45) is 0 Å². The van der Waals surface area contributed by atoms with Gasteiger partial charge in [-0.25, -0.2) is 9.97 Å². The van der Waals surface area contributed by atoms with Crippen LogP contribution in [0.3, 0.4) is 0 Å². The van der Waals surface area contributed by atoms with Crippen LogP contribution in [0.4, 0.5) is 17.3 Å². The van der Waals surface area contributed by atoms with Crippen molar-refractivity contribution in [1.82, 2.24) is 9.97 Å². The highest BCUT2D eigenvalue weighted by atomic mass is 16.6. The van der Waals surface area contributed by atoms with E-state index < -0.39 is 0 Å². The minimum absolute atomic E-state index is 0.298. The molecule has 0 bridgehead atoms. The Balaban J connectivity index is 1.37. The Morgan fingerprint density at radius 1 is 1.04 bits per heavy atom. The van der Waals surface area contributed by atoms with E-state index in [1.807, 2.05) is 23.1 Å². The van der Waals surface area contributed by atoms with Gasteiger partial charge in [0.05, 0.1) is 0 Å². The third-order valence-electron chi connectivity index (χ3n) is 4.80. The SMILES string of the molecule is O=C(Nc1ccc2c(c1)OCCO2)c1ccnc(N2CCc3ccccc32)n1. The van der Waals surface area contributed by atoms with Gasteiger partial charge in [0.2, 0.25) is 5.95 Å². The first-order valence-corrected chi connectivity index (χ1v) is 9.17. The van der Waals surface area contributed by atoms with Crippen molar-refractivity contribution in [3.05, 3.63) is 66.0 Å². The molecule has 2 aliphatic heterocycles. The number of rotatable bonds is 3. The summed E-state index contributed by atoms with van der Waals surface area (Å²) in [6.07, 6.45) is 2.55. The first-order valence-electron chi connectivity index (χ1n) is 9.17. The van der Waals surface area contributed by atoms with E-state index in [0.717, 1.165) is 18.7 Å². The summed E-state index contributed by atoms with van der Waals surface area (Å²) in [6, 6.07) is 15.1. The summed E-state index contributed by atoms with van der Waals surface area (Å²) < 4.78 is 11.1. The fourth-order valence-electron chi connectivity index (χ4n) is 3.47. The van der Waals surface area contributed by atoms with E-state index in [1.165, 1.54) is 5.56 Å². The monoisotopic (exact) mass is 374 g/mol. The molecule has 140 valence electrons. The second-order valence-electron chi connectivity index (χ2n) is 6.58. The van der Waals surface area contributed by atoms with Gasteiger partial charge in [-0.05, 0) is 36.2 Å². The first kappa shape index (κ1) is 16.6. The number of amides is 1. The van der Waals surface area contributed by atoms with Gasteiger partial charge in [-0.2, -0.15) is 0 Å². The Labute approximate surface area is 161 Å². The first-order chi connectivity index (χ1) is 13.8. The predicted molar refractivity (Wildman–Crippen MR) is 105 cm³/mol. The fraction of sp³-hybridized carbons (Fsp3) is 0.190. The number of nitrogens with zero attached hydrogens (tertiary/aromatic N) is 3. The van der Waals surface area contributed by atoms with E-state index in [9.17, 15) is 4.79 Å². The van der Waals surface area contributed by atoms with Gasteiger partial charge >= 0.3 is 0 Å². The van der Waals surface area contributed by atoms with Crippen LogP contribution in [0, 0.1) is 0 Å².